The molecule has 73 heavy (non-hydrogen) atoms. The average Bonchev–Trinajstić information content (AvgIpc) is 4.00. The van der Waals surface area contributed by atoms with E-state index in [1.54, 1.807) is 6.20 Å². The highest BCUT2D eigenvalue weighted by Gasteiger charge is 2.40. The number of H-pyrrole nitrogens is 1. The second-order valence-electron chi connectivity index (χ2n) is 18.2. The second-order valence-corrected chi connectivity index (χ2v) is 19.0. The third-order valence-electron chi connectivity index (χ3n) is 12.6. The minimum atomic E-state index is -4.92. The number of nitrogens with two attached hydrogens (primary N) is 2. The summed E-state index contributed by atoms with van der Waals surface area (Å²) in [6.07, 6.45) is 8.81. The van der Waals surface area contributed by atoms with Gasteiger partial charge in [-0.2, -0.15) is 0 Å². The van der Waals surface area contributed by atoms with Gasteiger partial charge in [0.25, 0.3) is 0 Å². The van der Waals surface area contributed by atoms with Crippen molar-refractivity contribution in [1.82, 2.24) is 41.8 Å². The number of hydrogen-bond acceptors (Lipinski definition) is 11. The van der Waals surface area contributed by atoms with E-state index in [9.17, 15) is 43.5 Å². The molecule has 1 saturated heterocycles. The lowest BCUT2D eigenvalue weighted by molar-refractivity contribution is -0.459. The van der Waals surface area contributed by atoms with Gasteiger partial charge in [0.2, 0.25) is 52.3 Å². The van der Waals surface area contributed by atoms with Crippen molar-refractivity contribution in [2.24, 2.45) is 17.4 Å². The molecule has 2 aliphatic rings. The Labute approximate surface area is 423 Å². The van der Waals surface area contributed by atoms with Gasteiger partial charge in [0.1, 0.15) is 36.3 Å². The largest absolute Gasteiger partial charge is 0.726 e. The second kappa shape index (κ2) is 29.4. The van der Waals surface area contributed by atoms with Gasteiger partial charge in [-0.05, 0) is 68.1 Å². The Morgan fingerprint density at radius 3 is 2.04 bits per heavy atom. The first-order chi connectivity index (χ1) is 34.7. The molecule has 1 aromatic heterocycles. The molecule has 1 aliphatic carbocycles. The van der Waals surface area contributed by atoms with Crippen molar-refractivity contribution >= 4 is 75.1 Å². The highest BCUT2D eigenvalue weighted by atomic mass is 32.3. The van der Waals surface area contributed by atoms with E-state index in [1.165, 1.54) is 11.8 Å². The molecule has 24 nitrogen and oxygen atoms in total. The van der Waals surface area contributed by atoms with Crippen molar-refractivity contribution in [3.8, 4) is 0 Å². The number of carbonyl (C=O) groups excluding carboxylic acids is 7. The number of aliphatic carboxylic acids is 1. The van der Waals surface area contributed by atoms with Crippen LogP contribution in [-0.2, 0) is 61.6 Å². The minimum absolute atomic E-state index is 0.00718. The van der Waals surface area contributed by atoms with E-state index >= 15 is 0 Å². The number of carboxylic acid groups (broad SMARTS) is 1. The fourth-order valence-corrected chi connectivity index (χ4v) is 9.13. The van der Waals surface area contributed by atoms with Crippen LogP contribution in [0.2, 0.25) is 0 Å². The molecule has 400 valence electrons. The highest BCUT2D eigenvalue weighted by Crippen LogP contribution is 2.28. The lowest BCUT2D eigenvalue weighted by Gasteiger charge is -2.32. The molecule has 25 heteroatoms. The molecule has 2 heterocycles. The van der Waals surface area contributed by atoms with Crippen LogP contribution in [0, 0.1) is 5.92 Å². The molecular weight excluding hydrogens is 971 g/mol. The fraction of sp³-hybridized carbons (Fsp3) is 0.521. The van der Waals surface area contributed by atoms with E-state index in [2.05, 4.69) is 41.9 Å². The van der Waals surface area contributed by atoms with E-state index in [4.69, 9.17) is 29.0 Å². The number of hydrogen-bond donors (Lipinski definition) is 12. The summed E-state index contributed by atoms with van der Waals surface area (Å²) in [7, 11) is -4.92. The van der Waals surface area contributed by atoms with Gasteiger partial charge >= 0.3 is 11.9 Å². The number of amides is 7. The summed E-state index contributed by atoms with van der Waals surface area (Å²) in [6.45, 7) is 1.98. The van der Waals surface area contributed by atoms with Crippen molar-refractivity contribution < 1.29 is 66.0 Å². The SMILES string of the molecule is CC(=O)N[C@@H](Cc1ccccc1)C(=O)N[C@@H](CCCNC=O)C(=O)N1CCC[C@H]1C(=O)N[C@H](CC1CCCCC1)C(=O)N[C@@H](Cc1c[nH]c2ccccc12)C(=O)N[C@@H](CCC[NH+]=C(N)N)C(=O)O.O=S(=O)([O-])O. The maximum Gasteiger partial charge on any atom is 0.338 e. The summed E-state index contributed by atoms with van der Waals surface area (Å²) >= 11 is 0. The molecule has 0 radical (unpaired) electrons. The first-order valence-corrected chi connectivity index (χ1v) is 25.7. The number of nitrogens with one attached hydrogen (secondary N) is 8. The van der Waals surface area contributed by atoms with Crippen molar-refractivity contribution in [3.63, 3.8) is 0 Å². The molecule has 6 atom stereocenters. The Morgan fingerprint density at radius 2 is 1.40 bits per heavy atom. The number of guanidine groups is 1. The topological polar surface area (TPSA) is 391 Å². The third-order valence-corrected chi connectivity index (χ3v) is 12.6. The van der Waals surface area contributed by atoms with Crippen LogP contribution in [0.1, 0.15) is 95.1 Å². The number of aromatic nitrogens is 1. The minimum Gasteiger partial charge on any atom is -0.726 e. The first kappa shape index (κ1) is 58.5. The van der Waals surface area contributed by atoms with Crippen molar-refractivity contribution in [2.45, 2.75) is 133 Å². The number of nitrogens with zero attached hydrogens (tertiary/aromatic N) is 1. The van der Waals surface area contributed by atoms with Gasteiger partial charge in [-0.15, -0.1) is 0 Å². The van der Waals surface area contributed by atoms with Gasteiger partial charge in [-0.1, -0.05) is 80.6 Å². The van der Waals surface area contributed by atoms with E-state index in [-0.39, 0.29) is 70.0 Å². The zero-order chi connectivity index (χ0) is 53.5. The van der Waals surface area contributed by atoms with Crippen LogP contribution in [0.25, 0.3) is 10.9 Å². The number of rotatable bonds is 26. The molecule has 7 amide bonds. The Kier molecular flexibility index (Phi) is 23.5. The lowest BCUT2D eigenvalue weighted by atomic mass is 9.84. The molecule has 0 spiro atoms. The number of aromatic amines is 1. The number of benzene rings is 2. The number of fused-ring (bicyclic) bond motifs is 1. The van der Waals surface area contributed by atoms with Crippen molar-refractivity contribution in [2.75, 3.05) is 19.6 Å². The number of carbonyl (C=O) groups is 8. The lowest BCUT2D eigenvalue weighted by Crippen LogP contribution is -2.78. The molecule has 1 aliphatic heterocycles. The third kappa shape index (κ3) is 20.5. The summed E-state index contributed by atoms with van der Waals surface area (Å²) in [5.74, 6) is -4.71. The smallest absolute Gasteiger partial charge is 0.338 e. The number of likely N-dealkylation sites (tertiary alicyclic amines) is 1. The van der Waals surface area contributed by atoms with Crippen LogP contribution in [0.5, 0.6) is 0 Å². The standard InChI is InChI=1S/C48H67N11O9.H2O4S/c1-30(61)54-38(25-31-13-4-2-5-14-31)42(62)55-36(19-10-22-51-29-60)46(66)59-24-12-21-41(59)45(65)58-39(26-32-15-6-3-7-16-32)43(63)57-40(27-33-28-53-35-18-9-8-17-34(33)35)44(64)56-37(47(67)68)20-11-23-52-48(49)50;1-5(2,3)4/h2,4-5,8-9,13-14,17-18,28-29,32,36-41,53H,3,6-7,10-12,15-16,19-27H2,1H3,(H,51,60)(H,54,61)(H,55,62)(H,56,64)(H,57,63)(H,58,65)(H,67,68)(H4,49,50,52);(H2,1,2,3,4)/t36-,37-,38-,39+,40-,41-;/m0./s1. The van der Waals surface area contributed by atoms with Gasteiger partial charge < -0.3 is 51.4 Å². The summed E-state index contributed by atoms with van der Waals surface area (Å²) < 4.78 is 32.8. The predicted molar refractivity (Wildman–Crippen MR) is 265 cm³/mol. The predicted octanol–water partition coefficient (Wildman–Crippen LogP) is -1.89. The van der Waals surface area contributed by atoms with Crippen LogP contribution < -0.4 is 48.4 Å². The van der Waals surface area contributed by atoms with E-state index in [0.717, 1.165) is 48.6 Å². The van der Waals surface area contributed by atoms with E-state index < -0.39 is 88.1 Å². The normalized spacial score (nSPS) is 16.7. The molecule has 2 aromatic carbocycles. The summed E-state index contributed by atoms with van der Waals surface area (Å²) in [4.78, 5) is 114. The quantitative estimate of drug-likeness (QED) is 0.0104. The number of para-hydroxylation sites is 1. The number of carboxylic acids is 1. The van der Waals surface area contributed by atoms with Crippen molar-refractivity contribution in [1.29, 1.82) is 0 Å². The average molecular weight is 1040 g/mol. The molecule has 0 unspecified atom stereocenters. The van der Waals surface area contributed by atoms with Crippen molar-refractivity contribution in [3.05, 3.63) is 71.9 Å². The summed E-state index contributed by atoms with van der Waals surface area (Å²) in [5.41, 5.74) is 13.2. The van der Waals surface area contributed by atoms with Crippen LogP contribution in [-0.4, -0.2) is 142 Å². The van der Waals surface area contributed by atoms with Gasteiger partial charge in [-0.3, -0.25) is 54.6 Å². The molecule has 5 rings (SSSR count). The van der Waals surface area contributed by atoms with E-state index in [0.29, 0.717) is 31.2 Å². The Hall–Kier alpha value is -7.12. The maximum atomic E-state index is 14.6. The molecule has 3 aromatic rings. The summed E-state index contributed by atoms with van der Waals surface area (Å²) in [5, 5.41) is 27.4. The molecule has 0 bridgehead atoms. The van der Waals surface area contributed by atoms with E-state index in [1.807, 2.05) is 54.6 Å². The maximum absolute atomic E-state index is 14.6. The molecule has 14 N–H and O–H groups in total. The fourth-order valence-electron chi connectivity index (χ4n) is 9.13. The van der Waals surface area contributed by atoms with Crippen LogP contribution in [0.3, 0.4) is 0 Å². The summed E-state index contributed by atoms with van der Waals surface area (Å²) in [6, 6.07) is 9.72. The molecule has 2 fully saturated rings. The van der Waals surface area contributed by atoms with Gasteiger partial charge in [0, 0.05) is 50.0 Å². The Bertz CT molecular complexity index is 2470. The molecule has 1 saturated carbocycles. The van der Waals surface area contributed by atoms with Gasteiger partial charge in [-0.25, -0.2) is 13.2 Å². The first-order valence-electron chi connectivity index (χ1n) is 24.3. The zero-order valence-electron chi connectivity index (χ0n) is 40.8. The van der Waals surface area contributed by atoms with Gasteiger partial charge in [0.15, 0.2) is 0 Å². The van der Waals surface area contributed by atoms with Crippen LogP contribution in [0.15, 0.2) is 60.8 Å². The highest BCUT2D eigenvalue weighted by molar-refractivity contribution is 7.79. The van der Waals surface area contributed by atoms with Gasteiger partial charge in [0.05, 0.1) is 6.54 Å². The zero-order valence-corrected chi connectivity index (χ0v) is 41.6. The van der Waals surface area contributed by atoms with Crippen LogP contribution in [0.4, 0.5) is 0 Å². The Morgan fingerprint density at radius 1 is 0.795 bits per heavy atom. The monoisotopic (exact) mass is 1040 g/mol. The Balaban J connectivity index is 0.00000220. The van der Waals surface area contributed by atoms with Crippen LogP contribution >= 0.6 is 0 Å². The molecular formula is C48H69N11O13S.